The second kappa shape index (κ2) is 26.5. The zero-order valence-electron chi connectivity index (χ0n) is 23.8. The van der Waals surface area contributed by atoms with Crippen LogP contribution < -0.4 is 18.9 Å². The average Bonchev–Trinajstić information content (AvgIpc) is 3.66. The molecule has 0 aliphatic carbocycles. The van der Waals surface area contributed by atoms with E-state index in [-0.39, 0.29) is 24.3 Å². The summed E-state index contributed by atoms with van der Waals surface area (Å²) in [6, 6.07) is 2.19. The Kier molecular flexibility index (Phi) is 29.4. The van der Waals surface area contributed by atoms with Gasteiger partial charge < -0.3 is 5.48 Å². The summed E-state index contributed by atoms with van der Waals surface area (Å²) < 4.78 is 2.67. The molecule has 0 atom stereocenters. The van der Waals surface area contributed by atoms with Crippen LogP contribution in [-0.2, 0) is 88.3 Å². The molecule has 4 aromatic rings. The third-order valence-corrected chi connectivity index (χ3v) is 24.4. The van der Waals surface area contributed by atoms with E-state index in [0.29, 0.717) is 43.5 Å². The second-order valence-corrected chi connectivity index (χ2v) is 36.3. The summed E-state index contributed by atoms with van der Waals surface area (Å²) in [6.45, 7) is 13.5. The number of hydrogen-bond acceptors (Lipinski definition) is 4. The monoisotopic (exact) mass is 1030 g/mol. The van der Waals surface area contributed by atoms with Crippen LogP contribution >= 0.6 is 27.3 Å². The first kappa shape index (κ1) is 46.6. The molecule has 0 spiro atoms. The number of hydrogen-bond donors (Lipinski definition) is 0. The van der Waals surface area contributed by atoms with Crippen molar-refractivity contribution < 1.29 is 24.3 Å². The Morgan fingerprint density at radius 2 is 1.26 bits per heavy atom. The maximum absolute atomic E-state index is 5.13. The van der Waals surface area contributed by atoms with Gasteiger partial charge in [0.15, 0.2) is 0 Å². The number of rotatable bonds is 0. The van der Waals surface area contributed by atoms with E-state index in [4.69, 9.17) is 12.6 Å². The second-order valence-electron chi connectivity index (χ2n) is 9.30. The molecule has 0 saturated heterocycles. The van der Waals surface area contributed by atoms with Crippen molar-refractivity contribution in [2.24, 2.45) is 0 Å². The molecule has 0 aromatic carbocycles. The van der Waals surface area contributed by atoms with E-state index >= 15 is 0 Å². The van der Waals surface area contributed by atoms with E-state index in [9.17, 15) is 0 Å². The zero-order chi connectivity index (χ0) is 30.0. The topological polar surface area (TPSA) is 31.5 Å². The molecule has 18 heteroatoms. The van der Waals surface area contributed by atoms with Crippen LogP contribution in [0.1, 0.15) is 11.1 Å². The van der Waals surface area contributed by atoms with Crippen LogP contribution in [0.2, 0.25) is 39.3 Å². The molecule has 224 valence electrons. The predicted octanol–water partition coefficient (Wildman–Crippen LogP) is 2.73. The average molecular weight is 1030 g/mol. The Balaban J connectivity index is 0. The minimum absolute atomic E-state index is 0. The molecular formula is C24H28BrLiOS10Se3Si2. The first-order valence-electron chi connectivity index (χ1n) is 11.0. The molecule has 4 rings (SSSR count). The van der Waals surface area contributed by atoms with Crippen molar-refractivity contribution in [1.82, 2.24) is 0 Å². The Labute approximate surface area is 328 Å². The predicted molar refractivity (Wildman–Crippen MR) is 222 cm³/mol. The molecule has 0 unspecified atom stereocenters. The van der Waals surface area contributed by atoms with Gasteiger partial charge in [0.2, 0.25) is 0 Å². The van der Waals surface area contributed by atoms with Gasteiger partial charge in [-0.3, -0.25) is 0 Å². The Morgan fingerprint density at radius 3 is 1.69 bits per heavy atom. The maximum atomic E-state index is 5.13. The summed E-state index contributed by atoms with van der Waals surface area (Å²) in [7, 11) is 6.70. The third-order valence-electron chi connectivity index (χ3n) is 3.62. The molecule has 0 radical (unpaired) electrons. The molecule has 0 saturated carbocycles. The SMILES string of the molecule is C[Si](C)(C)C#Cc1c[se]cc1Br.C[Si](C)(C)C#Cc1c[se]cc1[S-].O.S=S=S=S=S=S=S=S.[Li+].c1cc2c[se]cc2s1. The van der Waals surface area contributed by atoms with Crippen LogP contribution in [0.15, 0.2) is 50.5 Å². The molecule has 0 amide bonds. The van der Waals surface area contributed by atoms with Crippen LogP contribution in [0, 0.1) is 22.9 Å². The van der Waals surface area contributed by atoms with Crippen molar-refractivity contribution in [3.63, 3.8) is 0 Å². The third kappa shape index (κ3) is 23.8. The van der Waals surface area contributed by atoms with Crippen LogP contribution in [0.3, 0.4) is 0 Å². The molecule has 0 fully saturated rings. The summed E-state index contributed by atoms with van der Waals surface area (Å²) in [6.07, 6.45) is 0. The van der Waals surface area contributed by atoms with Crippen LogP contribution in [-0.4, -0.2) is 65.1 Å². The number of halogens is 1. The first-order chi connectivity index (χ1) is 18.9. The van der Waals surface area contributed by atoms with E-state index in [0.717, 1.165) is 10.5 Å². The first-order valence-corrected chi connectivity index (χ1v) is 35.4. The summed E-state index contributed by atoms with van der Waals surface area (Å²) in [4.78, 5) is 14.3. The van der Waals surface area contributed by atoms with Gasteiger partial charge in [0, 0.05) is 75.7 Å². The molecule has 0 bridgehead atoms. The van der Waals surface area contributed by atoms with Gasteiger partial charge in [-0.2, -0.15) is 0 Å². The van der Waals surface area contributed by atoms with Crippen molar-refractivity contribution in [3.8, 4) is 22.9 Å². The van der Waals surface area contributed by atoms with E-state index in [1.807, 2.05) is 11.3 Å². The van der Waals surface area contributed by atoms with Crippen molar-refractivity contribution in [2.75, 3.05) is 0 Å². The van der Waals surface area contributed by atoms with Gasteiger partial charge >= 0.3 is 252 Å². The van der Waals surface area contributed by atoms with E-state index < -0.39 is 16.1 Å². The van der Waals surface area contributed by atoms with Crippen LogP contribution in [0.4, 0.5) is 0 Å². The molecular weight excluding hydrogens is 1000 g/mol. The normalized spacial score (nSPS) is 9.31. The van der Waals surface area contributed by atoms with Crippen LogP contribution in [0.25, 0.3) is 10.1 Å². The Morgan fingerprint density at radius 1 is 0.762 bits per heavy atom. The molecule has 0 aliphatic rings. The van der Waals surface area contributed by atoms with Gasteiger partial charge in [0.05, 0.1) is 0 Å². The summed E-state index contributed by atoms with van der Waals surface area (Å²) in [5, 5.41) is 3.60. The van der Waals surface area contributed by atoms with Crippen molar-refractivity contribution >= 4 is 185 Å². The molecule has 42 heavy (non-hydrogen) atoms. The molecule has 0 aliphatic heterocycles. The van der Waals surface area contributed by atoms with Gasteiger partial charge in [0.25, 0.3) is 0 Å². The Hall–Kier alpha value is 2.53. The molecule has 2 N–H and O–H groups in total. The summed E-state index contributed by atoms with van der Waals surface area (Å²) in [5.41, 5.74) is 8.95. The van der Waals surface area contributed by atoms with Gasteiger partial charge in [-0.15, -0.1) is 0 Å². The van der Waals surface area contributed by atoms with Crippen molar-refractivity contribution in [1.29, 1.82) is 0 Å². The van der Waals surface area contributed by atoms with Gasteiger partial charge in [-0.05, 0) is 0 Å². The Bertz CT molecular complexity index is 1600. The molecule has 4 aromatic heterocycles. The van der Waals surface area contributed by atoms with E-state index in [1.54, 1.807) is 35.5 Å². The van der Waals surface area contributed by atoms with Crippen molar-refractivity contribution in [3.05, 3.63) is 56.7 Å². The number of fused-ring (bicyclic) bond motifs is 1. The van der Waals surface area contributed by atoms with Crippen molar-refractivity contribution in [2.45, 2.75) is 44.2 Å². The molecule has 4 heterocycles. The standard InChI is InChI=1S/C9H11BrSeSi.C9H12SSeSi.C6H4SSe.Li.H2O.S8/c2*1-12(2,3)5-4-8-6-11-7-9(8)10;1-2-7-6-4-8-3-5(1)6;;;1-3-5-7-8-6-4-2/h6-7H,1-3H3;6-7,10H,1-3H3;1-4H;;1H2;/q;;;+1;;/p-1. The fourth-order valence-electron chi connectivity index (χ4n) is 2.00. The summed E-state index contributed by atoms with van der Waals surface area (Å²) >= 11 is 21.3. The minimum atomic E-state index is -1.22. The molecule has 1 nitrogen and oxygen atoms in total. The van der Waals surface area contributed by atoms with E-state index in [1.165, 1.54) is 37.9 Å². The fourth-order valence-corrected chi connectivity index (χ4v) is 21.3. The zero-order valence-corrected chi connectivity index (χ0v) is 40.7. The van der Waals surface area contributed by atoms with Gasteiger partial charge in [0.1, 0.15) is 0 Å². The van der Waals surface area contributed by atoms with Gasteiger partial charge in [-0.25, -0.2) is 0 Å². The van der Waals surface area contributed by atoms with Crippen LogP contribution in [0.5, 0.6) is 0 Å². The fraction of sp³-hybridized carbons (Fsp3) is 0.250. The van der Waals surface area contributed by atoms with E-state index in [2.05, 4.69) is 142 Å². The number of thiophene rings is 1. The van der Waals surface area contributed by atoms with Gasteiger partial charge in [-0.1, -0.05) is 0 Å². The quantitative estimate of drug-likeness (QED) is 0.155. The summed E-state index contributed by atoms with van der Waals surface area (Å²) in [5.74, 6) is 6.43.